The van der Waals surface area contributed by atoms with Crippen molar-refractivity contribution in [1.82, 2.24) is 10.1 Å². The van der Waals surface area contributed by atoms with E-state index < -0.39 is 6.10 Å². The molecular weight excluding hydrogens is 234 g/mol. The van der Waals surface area contributed by atoms with Crippen LogP contribution in [-0.4, -0.2) is 47.7 Å². The lowest BCUT2D eigenvalue weighted by atomic mass is 9.91. The third kappa shape index (κ3) is 2.81. The van der Waals surface area contributed by atoms with E-state index in [4.69, 9.17) is 9.26 Å². The molecule has 0 saturated carbocycles. The summed E-state index contributed by atoms with van der Waals surface area (Å²) in [5, 5.41) is 13.8. The van der Waals surface area contributed by atoms with Crippen molar-refractivity contribution in [3.8, 4) is 0 Å². The van der Waals surface area contributed by atoms with Crippen LogP contribution < -0.4 is 4.90 Å². The molecule has 1 N–H and O–H groups in total. The van der Waals surface area contributed by atoms with Gasteiger partial charge in [-0.3, -0.25) is 0 Å². The SMILES string of the molecule is CC(C)C(c1nc(N2CCOCC2)no1)C(C)O. The van der Waals surface area contributed by atoms with Gasteiger partial charge in [0.1, 0.15) is 0 Å². The summed E-state index contributed by atoms with van der Waals surface area (Å²) in [6, 6.07) is 0. The molecule has 2 rings (SSSR count). The van der Waals surface area contributed by atoms with E-state index in [-0.39, 0.29) is 11.8 Å². The van der Waals surface area contributed by atoms with Crippen LogP contribution >= 0.6 is 0 Å². The van der Waals surface area contributed by atoms with Gasteiger partial charge in [-0.15, -0.1) is 0 Å². The lowest BCUT2D eigenvalue weighted by Gasteiger charge is -2.24. The van der Waals surface area contributed by atoms with Crippen LogP contribution in [0.3, 0.4) is 0 Å². The van der Waals surface area contributed by atoms with Crippen LogP contribution in [-0.2, 0) is 4.74 Å². The van der Waals surface area contributed by atoms with Gasteiger partial charge in [-0.1, -0.05) is 13.8 Å². The number of nitrogens with zero attached hydrogens (tertiary/aromatic N) is 3. The normalized spacial score (nSPS) is 20.2. The lowest BCUT2D eigenvalue weighted by Crippen LogP contribution is -2.37. The highest BCUT2D eigenvalue weighted by atomic mass is 16.5. The predicted octanol–water partition coefficient (Wildman–Crippen LogP) is 1.03. The molecule has 1 aliphatic rings. The summed E-state index contributed by atoms with van der Waals surface area (Å²) in [7, 11) is 0. The van der Waals surface area contributed by atoms with E-state index in [9.17, 15) is 5.11 Å². The minimum Gasteiger partial charge on any atom is -0.393 e. The van der Waals surface area contributed by atoms with Crippen LogP contribution in [0.25, 0.3) is 0 Å². The number of ether oxygens (including phenoxy) is 1. The molecule has 0 bridgehead atoms. The molecule has 0 amide bonds. The van der Waals surface area contributed by atoms with Crippen molar-refractivity contribution >= 4 is 5.95 Å². The van der Waals surface area contributed by atoms with E-state index in [1.54, 1.807) is 6.92 Å². The van der Waals surface area contributed by atoms with Crippen LogP contribution in [0.4, 0.5) is 5.95 Å². The molecule has 0 radical (unpaired) electrons. The second-order valence-corrected chi connectivity index (χ2v) is 5.04. The van der Waals surface area contributed by atoms with Crippen molar-refractivity contribution in [1.29, 1.82) is 0 Å². The third-order valence-electron chi connectivity index (χ3n) is 3.25. The second-order valence-electron chi connectivity index (χ2n) is 5.04. The summed E-state index contributed by atoms with van der Waals surface area (Å²) in [5.74, 6) is 1.25. The Morgan fingerprint density at radius 2 is 1.89 bits per heavy atom. The molecule has 1 aromatic rings. The fourth-order valence-electron chi connectivity index (χ4n) is 2.30. The topological polar surface area (TPSA) is 71.6 Å². The van der Waals surface area contributed by atoms with Crippen molar-refractivity contribution in [2.75, 3.05) is 31.2 Å². The summed E-state index contributed by atoms with van der Waals surface area (Å²) in [5.41, 5.74) is 0. The quantitative estimate of drug-likeness (QED) is 0.866. The maximum Gasteiger partial charge on any atom is 0.266 e. The number of aromatic nitrogens is 2. The first kappa shape index (κ1) is 13.3. The Labute approximate surface area is 107 Å². The van der Waals surface area contributed by atoms with Crippen molar-refractivity contribution in [3.05, 3.63) is 5.89 Å². The monoisotopic (exact) mass is 255 g/mol. The first-order valence-electron chi connectivity index (χ1n) is 6.44. The second kappa shape index (κ2) is 5.67. The Morgan fingerprint density at radius 1 is 1.22 bits per heavy atom. The molecule has 2 atom stereocenters. The Hall–Kier alpha value is -1.14. The lowest BCUT2D eigenvalue weighted by molar-refractivity contribution is 0.120. The molecule has 2 heterocycles. The van der Waals surface area contributed by atoms with Crippen molar-refractivity contribution in [3.63, 3.8) is 0 Å². The summed E-state index contributed by atoms with van der Waals surface area (Å²) < 4.78 is 10.6. The Kier molecular flexibility index (Phi) is 4.19. The first-order valence-corrected chi connectivity index (χ1v) is 6.44. The number of aliphatic hydroxyl groups is 1. The first-order chi connectivity index (χ1) is 8.59. The molecule has 1 aromatic heterocycles. The minimum atomic E-state index is -0.497. The zero-order chi connectivity index (χ0) is 13.1. The minimum absolute atomic E-state index is 0.118. The fourth-order valence-corrected chi connectivity index (χ4v) is 2.30. The molecule has 102 valence electrons. The average molecular weight is 255 g/mol. The standard InChI is InChI=1S/C12H21N3O3/c1-8(2)10(9(3)16)11-13-12(14-18-11)15-4-6-17-7-5-15/h8-10,16H,4-7H2,1-3H3. The Morgan fingerprint density at radius 3 is 2.44 bits per heavy atom. The Bertz CT molecular complexity index is 364. The number of rotatable bonds is 4. The molecule has 1 fully saturated rings. The van der Waals surface area contributed by atoms with Gasteiger partial charge in [0.2, 0.25) is 5.89 Å². The molecule has 0 aromatic carbocycles. The molecule has 0 spiro atoms. The van der Waals surface area contributed by atoms with Gasteiger partial charge < -0.3 is 19.3 Å². The maximum atomic E-state index is 9.79. The zero-order valence-corrected chi connectivity index (χ0v) is 11.2. The van der Waals surface area contributed by atoms with Gasteiger partial charge in [0, 0.05) is 13.1 Å². The number of morpholine rings is 1. The van der Waals surface area contributed by atoms with E-state index in [0.717, 1.165) is 13.1 Å². The van der Waals surface area contributed by atoms with Crippen LogP contribution in [0.15, 0.2) is 4.52 Å². The number of hydrogen-bond donors (Lipinski definition) is 1. The highest BCUT2D eigenvalue weighted by Crippen LogP contribution is 2.28. The maximum absolute atomic E-state index is 9.79. The third-order valence-corrected chi connectivity index (χ3v) is 3.25. The smallest absolute Gasteiger partial charge is 0.266 e. The largest absolute Gasteiger partial charge is 0.393 e. The summed E-state index contributed by atoms with van der Waals surface area (Å²) in [6.07, 6.45) is -0.497. The molecule has 0 aliphatic carbocycles. The van der Waals surface area contributed by atoms with Gasteiger partial charge in [0.15, 0.2) is 0 Å². The van der Waals surface area contributed by atoms with E-state index in [0.29, 0.717) is 25.1 Å². The fraction of sp³-hybridized carbons (Fsp3) is 0.833. The molecule has 6 nitrogen and oxygen atoms in total. The van der Waals surface area contributed by atoms with Gasteiger partial charge in [-0.25, -0.2) is 0 Å². The summed E-state index contributed by atoms with van der Waals surface area (Å²) in [6.45, 7) is 8.76. The molecule has 1 aliphatic heterocycles. The molecule has 18 heavy (non-hydrogen) atoms. The van der Waals surface area contributed by atoms with E-state index in [1.807, 2.05) is 18.7 Å². The van der Waals surface area contributed by atoms with Gasteiger partial charge in [0.05, 0.1) is 25.2 Å². The average Bonchev–Trinajstić information content (AvgIpc) is 2.78. The van der Waals surface area contributed by atoms with E-state index in [2.05, 4.69) is 10.1 Å². The van der Waals surface area contributed by atoms with Gasteiger partial charge in [-0.05, 0) is 18.0 Å². The van der Waals surface area contributed by atoms with Gasteiger partial charge >= 0.3 is 0 Å². The molecule has 6 heteroatoms. The van der Waals surface area contributed by atoms with Crippen LogP contribution in [0.5, 0.6) is 0 Å². The van der Waals surface area contributed by atoms with Crippen LogP contribution in [0.2, 0.25) is 0 Å². The van der Waals surface area contributed by atoms with Crippen LogP contribution in [0.1, 0.15) is 32.6 Å². The van der Waals surface area contributed by atoms with Crippen LogP contribution in [0, 0.1) is 5.92 Å². The highest BCUT2D eigenvalue weighted by molar-refractivity contribution is 5.28. The molecule has 1 saturated heterocycles. The summed E-state index contributed by atoms with van der Waals surface area (Å²) >= 11 is 0. The van der Waals surface area contributed by atoms with Gasteiger partial charge in [0.25, 0.3) is 5.95 Å². The van der Waals surface area contributed by atoms with E-state index >= 15 is 0 Å². The van der Waals surface area contributed by atoms with Crippen molar-refractivity contribution < 1.29 is 14.4 Å². The number of hydrogen-bond acceptors (Lipinski definition) is 6. The molecular formula is C12H21N3O3. The Balaban J connectivity index is 2.13. The van der Waals surface area contributed by atoms with Crippen molar-refractivity contribution in [2.24, 2.45) is 5.92 Å². The zero-order valence-electron chi connectivity index (χ0n) is 11.2. The number of anilines is 1. The highest BCUT2D eigenvalue weighted by Gasteiger charge is 2.28. The molecule has 2 unspecified atom stereocenters. The van der Waals surface area contributed by atoms with Gasteiger partial charge in [-0.2, -0.15) is 4.98 Å². The summed E-state index contributed by atoms with van der Waals surface area (Å²) in [4.78, 5) is 6.45. The van der Waals surface area contributed by atoms with E-state index in [1.165, 1.54) is 0 Å². The number of aliphatic hydroxyl groups excluding tert-OH is 1. The van der Waals surface area contributed by atoms with Crippen molar-refractivity contribution in [2.45, 2.75) is 32.8 Å². The predicted molar refractivity (Wildman–Crippen MR) is 66.6 cm³/mol.